The van der Waals surface area contributed by atoms with Gasteiger partial charge in [-0.25, -0.2) is 9.78 Å². The van der Waals surface area contributed by atoms with Crippen LogP contribution in [0.5, 0.6) is 0 Å². The van der Waals surface area contributed by atoms with E-state index in [1.807, 2.05) is 13.8 Å². The molecule has 1 saturated heterocycles. The number of carbonyl (C=O) groups excluding carboxylic acids is 1. The standard InChI is InChI=1S/C33H50O13S2/c1-17(2)13-20(34)14-18(3)23-7-8-24-22-16-27(42-31-29(36)28(35)30(19(4)41-31)44-46-48(39)40)26-15-21(43-45-47(37)38)9-11-33(26,6)25(22)10-12-32(23,24)5/h10,13,19,21-22,24,26-31,35-36H,7-9,11-12,14-16H2,1-6H3,(H,37,38)(H,39,40). The lowest BCUT2D eigenvalue weighted by Gasteiger charge is -2.59. The lowest BCUT2D eigenvalue weighted by atomic mass is 9.48. The summed E-state index contributed by atoms with van der Waals surface area (Å²) in [4.78, 5) is 23.0. The Hall–Kier alpha value is -1.21. The van der Waals surface area contributed by atoms with Crippen molar-refractivity contribution in [1.29, 1.82) is 0 Å². The Morgan fingerprint density at radius 2 is 1.69 bits per heavy atom. The molecule has 0 aromatic carbocycles. The SMILES string of the molecule is CC(C)=CC(=O)CC(C)=C1CCC2C3CC(OC4OC(C)C(OOS(=O)O)C(O)C4O)C4CC(OOS(=O)O)CCC4(C)C3=CCC12C. The van der Waals surface area contributed by atoms with Crippen LogP contribution in [-0.4, -0.2) is 76.4 Å². The molecule has 0 radical (unpaired) electrons. The number of ether oxygens (including phenoxy) is 2. The van der Waals surface area contributed by atoms with E-state index in [4.69, 9.17) is 28.4 Å². The Kier molecular flexibility index (Phi) is 12.0. The fourth-order valence-corrected chi connectivity index (χ4v) is 9.93. The minimum absolute atomic E-state index is 0.111. The summed E-state index contributed by atoms with van der Waals surface area (Å²) in [5, 5.41) is 22.0. The maximum atomic E-state index is 12.7. The first-order valence-corrected chi connectivity index (χ1v) is 18.7. The molecular weight excluding hydrogens is 668 g/mol. The number of hydrogen-bond donors (Lipinski definition) is 4. The van der Waals surface area contributed by atoms with Crippen molar-refractivity contribution in [2.24, 2.45) is 28.6 Å². The monoisotopic (exact) mass is 718 g/mol. The molecule has 14 unspecified atom stereocenters. The molecule has 4 N–H and O–H groups in total. The highest BCUT2D eigenvalue weighted by Gasteiger charge is 2.60. The van der Waals surface area contributed by atoms with Crippen LogP contribution < -0.4 is 0 Å². The van der Waals surface area contributed by atoms with Crippen molar-refractivity contribution < 1.29 is 60.4 Å². The van der Waals surface area contributed by atoms with Crippen molar-refractivity contribution in [3.05, 3.63) is 34.4 Å². The van der Waals surface area contributed by atoms with Gasteiger partial charge in [0.25, 0.3) is 0 Å². The van der Waals surface area contributed by atoms with Gasteiger partial charge in [-0.15, -0.1) is 8.67 Å². The first-order valence-electron chi connectivity index (χ1n) is 16.7. The van der Waals surface area contributed by atoms with Crippen LogP contribution in [0.1, 0.15) is 92.9 Å². The largest absolute Gasteiger partial charge is 0.387 e. The summed E-state index contributed by atoms with van der Waals surface area (Å²) in [5.41, 5.74) is 4.41. The minimum atomic E-state index is -2.75. The molecule has 14 atom stereocenters. The van der Waals surface area contributed by atoms with Crippen molar-refractivity contribution in [1.82, 2.24) is 0 Å². The predicted molar refractivity (Wildman–Crippen MR) is 174 cm³/mol. The maximum absolute atomic E-state index is 12.7. The lowest BCUT2D eigenvalue weighted by Crippen LogP contribution is -2.61. The highest BCUT2D eigenvalue weighted by atomic mass is 32.2. The van der Waals surface area contributed by atoms with Crippen LogP contribution in [-0.2, 0) is 55.4 Å². The Balaban J connectivity index is 1.44. The molecule has 1 aliphatic heterocycles. The third-order valence-electron chi connectivity index (χ3n) is 11.7. The van der Waals surface area contributed by atoms with Crippen molar-refractivity contribution >= 4 is 28.5 Å². The molecule has 1 heterocycles. The van der Waals surface area contributed by atoms with Gasteiger partial charge in [0.15, 0.2) is 12.1 Å². The summed E-state index contributed by atoms with van der Waals surface area (Å²) in [7, 11) is 0. The van der Waals surface area contributed by atoms with Crippen molar-refractivity contribution in [2.45, 2.75) is 136 Å². The lowest BCUT2D eigenvalue weighted by molar-refractivity contribution is -0.364. The molecule has 5 aliphatic rings. The Labute approximate surface area is 287 Å². The van der Waals surface area contributed by atoms with Gasteiger partial charge in [-0.1, -0.05) is 42.2 Å². The zero-order valence-corrected chi connectivity index (χ0v) is 30.0. The van der Waals surface area contributed by atoms with E-state index in [0.717, 1.165) is 30.4 Å². The average Bonchev–Trinajstić information content (AvgIpc) is 3.35. The molecule has 3 saturated carbocycles. The van der Waals surface area contributed by atoms with E-state index >= 15 is 0 Å². The van der Waals surface area contributed by atoms with Gasteiger partial charge in [0.2, 0.25) is 0 Å². The number of rotatable bonds is 11. The fourth-order valence-electron chi connectivity index (χ4n) is 9.60. The number of allylic oxidation sites excluding steroid dienone is 6. The van der Waals surface area contributed by atoms with Gasteiger partial charge in [-0.3, -0.25) is 13.9 Å². The molecule has 5 rings (SSSR count). The molecule has 4 aliphatic carbocycles. The molecule has 272 valence electrons. The van der Waals surface area contributed by atoms with E-state index in [2.05, 4.69) is 35.5 Å². The second-order valence-corrected chi connectivity index (χ2v) is 16.0. The van der Waals surface area contributed by atoms with Crippen LogP contribution in [0, 0.1) is 28.6 Å². The van der Waals surface area contributed by atoms with E-state index in [9.17, 15) is 23.4 Å². The second kappa shape index (κ2) is 15.2. The summed E-state index contributed by atoms with van der Waals surface area (Å²) in [6, 6.07) is 0. The van der Waals surface area contributed by atoms with Crippen molar-refractivity contribution in [2.75, 3.05) is 0 Å². The molecule has 0 aromatic rings. The number of carbonyl (C=O) groups is 1. The average molecular weight is 719 g/mol. The van der Waals surface area contributed by atoms with Gasteiger partial charge in [-0.05, 0) is 107 Å². The van der Waals surface area contributed by atoms with Crippen LogP contribution >= 0.6 is 0 Å². The van der Waals surface area contributed by atoms with E-state index in [0.29, 0.717) is 38.0 Å². The van der Waals surface area contributed by atoms with Crippen LogP contribution in [0.2, 0.25) is 0 Å². The van der Waals surface area contributed by atoms with Crippen LogP contribution in [0.15, 0.2) is 34.4 Å². The van der Waals surface area contributed by atoms with E-state index in [1.54, 1.807) is 13.0 Å². The van der Waals surface area contributed by atoms with Gasteiger partial charge in [0.1, 0.15) is 18.3 Å². The minimum Gasteiger partial charge on any atom is -0.387 e. The third kappa shape index (κ3) is 7.67. The zero-order chi connectivity index (χ0) is 35.1. The number of hydrogen-bond acceptors (Lipinski definition) is 11. The van der Waals surface area contributed by atoms with Gasteiger partial charge in [0, 0.05) is 6.42 Å². The summed E-state index contributed by atoms with van der Waals surface area (Å²) in [5.74, 6) is 0.422. The van der Waals surface area contributed by atoms with Gasteiger partial charge >= 0.3 is 22.7 Å². The highest BCUT2D eigenvalue weighted by molar-refractivity contribution is 7.74. The van der Waals surface area contributed by atoms with E-state index in [1.165, 1.54) is 11.1 Å². The predicted octanol–water partition coefficient (Wildman–Crippen LogP) is 4.56. The number of aliphatic hydroxyl groups is 2. The fraction of sp³-hybridized carbons (Fsp3) is 0.788. The molecule has 15 heteroatoms. The highest BCUT2D eigenvalue weighted by Crippen LogP contribution is 2.66. The molecule has 48 heavy (non-hydrogen) atoms. The topological polar surface area (TPSA) is 188 Å². The van der Waals surface area contributed by atoms with Gasteiger partial charge in [-0.2, -0.15) is 8.42 Å². The third-order valence-corrected chi connectivity index (χ3v) is 12.1. The number of aliphatic hydroxyl groups excluding tert-OH is 2. The van der Waals surface area contributed by atoms with Crippen molar-refractivity contribution in [3.8, 4) is 0 Å². The number of ketones is 1. The van der Waals surface area contributed by atoms with E-state index in [-0.39, 0.29) is 28.4 Å². The zero-order valence-electron chi connectivity index (χ0n) is 28.4. The summed E-state index contributed by atoms with van der Waals surface area (Å²) in [6.07, 6.45) is 2.27. The molecular formula is C33H50O13S2. The Bertz CT molecular complexity index is 1360. The summed E-state index contributed by atoms with van der Waals surface area (Å²) in [6.45, 7) is 12.1. The normalized spacial score (nSPS) is 43.2. The van der Waals surface area contributed by atoms with Crippen LogP contribution in [0.25, 0.3) is 0 Å². The molecule has 0 spiro atoms. The summed E-state index contributed by atoms with van der Waals surface area (Å²) >= 11 is -5.33. The number of fused-ring (bicyclic) bond motifs is 5. The van der Waals surface area contributed by atoms with Crippen LogP contribution in [0.4, 0.5) is 0 Å². The quantitative estimate of drug-likeness (QED) is 0.0766. The smallest absolute Gasteiger partial charge is 0.331 e. The molecule has 0 bridgehead atoms. The summed E-state index contributed by atoms with van der Waals surface area (Å²) < 4.78 is 61.8. The second-order valence-electron chi connectivity index (χ2n) is 14.9. The molecule has 0 aromatic heterocycles. The van der Waals surface area contributed by atoms with Gasteiger partial charge < -0.3 is 19.7 Å². The first-order chi connectivity index (χ1) is 22.5. The Morgan fingerprint density at radius 3 is 2.35 bits per heavy atom. The molecule has 0 amide bonds. The molecule has 13 nitrogen and oxygen atoms in total. The van der Waals surface area contributed by atoms with E-state index < -0.39 is 65.6 Å². The first kappa shape index (κ1) is 38.0. The van der Waals surface area contributed by atoms with Gasteiger partial charge in [0.05, 0.1) is 18.3 Å². The molecule has 4 fully saturated rings. The Morgan fingerprint density at radius 1 is 1.00 bits per heavy atom. The maximum Gasteiger partial charge on any atom is 0.331 e. The van der Waals surface area contributed by atoms with Crippen LogP contribution in [0.3, 0.4) is 0 Å². The van der Waals surface area contributed by atoms with Crippen molar-refractivity contribution in [3.63, 3.8) is 0 Å².